The van der Waals surface area contributed by atoms with E-state index >= 15 is 0 Å². The van der Waals surface area contributed by atoms with Crippen molar-refractivity contribution in [2.24, 2.45) is 23.7 Å². The van der Waals surface area contributed by atoms with Gasteiger partial charge < -0.3 is 9.53 Å². The maximum atomic E-state index is 9.16. The maximum Gasteiger partial charge on any atom is 0.192 e. The fourth-order valence-electron chi connectivity index (χ4n) is 2.12. The lowest BCUT2D eigenvalue weighted by molar-refractivity contribution is 0.258. The second-order valence-corrected chi connectivity index (χ2v) is 12.5. The van der Waals surface area contributed by atoms with Crippen molar-refractivity contribution in [3.8, 4) is 0 Å². The van der Waals surface area contributed by atoms with Gasteiger partial charge in [0.2, 0.25) is 0 Å². The molecule has 3 heteroatoms. The van der Waals surface area contributed by atoms with Gasteiger partial charge in [-0.1, -0.05) is 46.8 Å². The van der Waals surface area contributed by atoms with Gasteiger partial charge in [0.15, 0.2) is 8.32 Å². The summed E-state index contributed by atoms with van der Waals surface area (Å²) in [6, 6.07) is 0. The fourth-order valence-corrected chi connectivity index (χ4v) is 3.23. The molecule has 19 heavy (non-hydrogen) atoms. The van der Waals surface area contributed by atoms with E-state index in [0.717, 1.165) is 6.61 Å². The molecule has 1 aliphatic carbocycles. The zero-order chi connectivity index (χ0) is 14.8. The van der Waals surface area contributed by atoms with E-state index in [1.807, 2.05) is 0 Å². The van der Waals surface area contributed by atoms with Crippen molar-refractivity contribution in [2.75, 3.05) is 13.2 Å². The molecule has 0 aliphatic heterocycles. The molecule has 0 aromatic heterocycles. The zero-order valence-electron chi connectivity index (χ0n) is 13.7. The minimum atomic E-state index is -1.62. The molecule has 2 nitrogen and oxygen atoms in total. The van der Waals surface area contributed by atoms with E-state index in [9.17, 15) is 0 Å². The van der Waals surface area contributed by atoms with E-state index in [0.29, 0.717) is 30.3 Å². The van der Waals surface area contributed by atoms with E-state index < -0.39 is 8.32 Å². The molecular weight excluding hydrogens is 252 g/mol. The van der Waals surface area contributed by atoms with Gasteiger partial charge in [0.25, 0.3) is 0 Å². The molecule has 1 rings (SSSR count). The van der Waals surface area contributed by atoms with Crippen LogP contribution < -0.4 is 0 Å². The van der Waals surface area contributed by atoms with Gasteiger partial charge in [-0.05, 0) is 41.8 Å². The lowest BCUT2D eigenvalue weighted by atomic mass is 10.1. The van der Waals surface area contributed by atoms with Crippen LogP contribution in [0.15, 0.2) is 12.2 Å². The Morgan fingerprint density at radius 3 is 2.32 bits per heavy atom. The molecule has 0 heterocycles. The summed E-state index contributed by atoms with van der Waals surface area (Å²) in [5.74, 6) is 2.18. The minimum absolute atomic E-state index is 0.281. The monoisotopic (exact) mass is 284 g/mol. The second-order valence-electron chi connectivity index (χ2n) is 7.72. The summed E-state index contributed by atoms with van der Waals surface area (Å²) in [5, 5.41) is 9.44. The summed E-state index contributed by atoms with van der Waals surface area (Å²) >= 11 is 0. The van der Waals surface area contributed by atoms with Crippen molar-refractivity contribution in [3.63, 3.8) is 0 Å². The number of aliphatic hydroxyl groups is 1. The fraction of sp³-hybridized carbons (Fsp3) is 0.875. The Labute approximate surface area is 120 Å². The van der Waals surface area contributed by atoms with Gasteiger partial charge >= 0.3 is 0 Å². The van der Waals surface area contributed by atoms with E-state index in [4.69, 9.17) is 9.53 Å². The van der Waals surface area contributed by atoms with Gasteiger partial charge in [0.05, 0.1) is 0 Å². The van der Waals surface area contributed by atoms with Crippen LogP contribution in [0.2, 0.25) is 18.1 Å². The van der Waals surface area contributed by atoms with Crippen LogP contribution in [-0.4, -0.2) is 26.6 Å². The highest BCUT2D eigenvalue weighted by atomic mass is 28.4. The molecule has 0 amide bonds. The molecule has 1 N–H and O–H groups in total. The first-order valence-corrected chi connectivity index (χ1v) is 10.4. The normalized spacial score (nSPS) is 29.8. The average molecular weight is 285 g/mol. The average Bonchev–Trinajstić information content (AvgIpc) is 2.92. The molecule has 1 aliphatic rings. The topological polar surface area (TPSA) is 29.5 Å². The molecule has 0 aromatic rings. The summed E-state index contributed by atoms with van der Waals surface area (Å²) in [7, 11) is -1.62. The van der Waals surface area contributed by atoms with Crippen molar-refractivity contribution >= 4 is 8.32 Å². The van der Waals surface area contributed by atoms with E-state index in [1.54, 1.807) is 0 Å². The van der Waals surface area contributed by atoms with Gasteiger partial charge in [-0.3, -0.25) is 0 Å². The van der Waals surface area contributed by atoms with E-state index in [-0.39, 0.29) is 5.04 Å². The van der Waals surface area contributed by atoms with Crippen LogP contribution in [0.4, 0.5) is 0 Å². The molecule has 0 unspecified atom stereocenters. The van der Waals surface area contributed by atoms with Crippen molar-refractivity contribution in [3.05, 3.63) is 12.2 Å². The van der Waals surface area contributed by atoms with Crippen LogP contribution in [0, 0.1) is 23.7 Å². The summed E-state index contributed by atoms with van der Waals surface area (Å²) in [5.41, 5.74) is 0. The molecule has 0 aromatic carbocycles. The highest BCUT2D eigenvalue weighted by Crippen LogP contribution is 2.46. The smallest absolute Gasteiger partial charge is 0.192 e. The quantitative estimate of drug-likeness (QED) is 0.588. The molecule has 0 radical (unpaired) electrons. The molecule has 1 saturated carbocycles. The first-order chi connectivity index (χ1) is 8.60. The summed E-state index contributed by atoms with van der Waals surface area (Å²) < 4.78 is 6.23. The lowest BCUT2D eigenvalue weighted by Gasteiger charge is -2.36. The maximum absolute atomic E-state index is 9.16. The van der Waals surface area contributed by atoms with Crippen LogP contribution in [0.1, 0.15) is 34.6 Å². The molecule has 0 spiro atoms. The zero-order valence-corrected chi connectivity index (χ0v) is 14.7. The van der Waals surface area contributed by atoms with Crippen molar-refractivity contribution in [1.29, 1.82) is 0 Å². The highest BCUT2D eigenvalue weighted by molar-refractivity contribution is 6.74. The number of hydrogen-bond acceptors (Lipinski definition) is 2. The Balaban J connectivity index is 2.37. The highest BCUT2D eigenvalue weighted by Gasteiger charge is 2.43. The molecule has 1 fully saturated rings. The van der Waals surface area contributed by atoms with Gasteiger partial charge in [0, 0.05) is 13.2 Å². The first-order valence-electron chi connectivity index (χ1n) is 7.53. The van der Waals surface area contributed by atoms with Gasteiger partial charge in [-0.25, -0.2) is 0 Å². The Morgan fingerprint density at radius 1 is 1.32 bits per heavy atom. The Morgan fingerprint density at radius 2 is 1.89 bits per heavy atom. The molecular formula is C16H32O2Si. The predicted octanol–water partition coefficient (Wildman–Crippen LogP) is 4.07. The van der Waals surface area contributed by atoms with Crippen LogP contribution >= 0.6 is 0 Å². The Kier molecular flexibility index (Phi) is 5.44. The molecule has 112 valence electrons. The van der Waals surface area contributed by atoms with Crippen molar-refractivity contribution in [1.82, 2.24) is 0 Å². The Bertz CT molecular complexity index is 317. The van der Waals surface area contributed by atoms with E-state index in [2.05, 4.69) is 59.9 Å². The van der Waals surface area contributed by atoms with Gasteiger partial charge in [0.1, 0.15) is 0 Å². The second kappa shape index (κ2) is 6.11. The predicted molar refractivity (Wildman–Crippen MR) is 84.7 cm³/mol. The number of rotatable bonds is 6. The molecule has 0 saturated heterocycles. The van der Waals surface area contributed by atoms with Crippen LogP contribution in [-0.2, 0) is 4.43 Å². The summed E-state index contributed by atoms with van der Waals surface area (Å²) in [4.78, 5) is 0. The third kappa shape index (κ3) is 4.43. The minimum Gasteiger partial charge on any atom is -0.416 e. The lowest BCUT2D eigenvalue weighted by Crippen LogP contribution is -2.41. The first kappa shape index (κ1) is 16.9. The van der Waals surface area contributed by atoms with Crippen LogP contribution in [0.5, 0.6) is 0 Å². The van der Waals surface area contributed by atoms with Crippen LogP contribution in [0.25, 0.3) is 0 Å². The van der Waals surface area contributed by atoms with Gasteiger partial charge in [-0.15, -0.1) is 0 Å². The number of aliphatic hydroxyl groups excluding tert-OH is 1. The summed E-state index contributed by atoms with van der Waals surface area (Å²) in [6.07, 6.45) is 4.55. The molecule has 4 atom stereocenters. The van der Waals surface area contributed by atoms with Gasteiger partial charge in [-0.2, -0.15) is 0 Å². The number of allylic oxidation sites excluding steroid dienone is 1. The van der Waals surface area contributed by atoms with Crippen molar-refractivity contribution < 1.29 is 9.53 Å². The van der Waals surface area contributed by atoms with E-state index in [1.165, 1.54) is 0 Å². The largest absolute Gasteiger partial charge is 0.416 e. The standard InChI is InChI=1S/C16H32O2Si/c1-12(8-9-14-13(2)15(14)10-17)11-18-19(6,7)16(3,4)5/h8-9,12-15,17H,10-11H2,1-7H3/b9-8+/t12-,13-,14+,15+/m1/s1. The Hall–Kier alpha value is -0.123. The SMILES string of the molecule is C[C@@H]1[C@H](/C=C/[C@@H](C)CO[Si](C)(C)C(C)(C)C)[C@H]1CO. The summed E-state index contributed by atoms with van der Waals surface area (Å²) in [6.45, 7) is 17.0. The third-order valence-electron chi connectivity index (χ3n) is 5.02. The third-order valence-corrected chi connectivity index (χ3v) is 9.52. The van der Waals surface area contributed by atoms with Crippen LogP contribution in [0.3, 0.4) is 0 Å². The number of hydrogen-bond donors (Lipinski definition) is 1. The van der Waals surface area contributed by atoms with Crippen molar-refractivity contribution in [2.45, 2.75) is 52.8 Å². The molecule has 0 bridgehead atoms.